The van der Waals surface area contributed by atoms with E-state index in [2.05, 4.69) is 0 Å². The standard InChI is InChI=1S/C14H23NO3S/c1-11(2)14(10-19(15,16)17)9-18-12(3)13-7-5-4-6-8-13/h4-8,11-12,14H,9-10H2,1-3H3,(H2,15,16,17). The molecule has 4 nitrogen and oxygen atoms in total. The molecule has 0 aliphatic carbocycles. The minimum atomic E-state index is -3.46. The molecule has 2 atom stereocenters. The first kappa shape index (κ1) is 16.1. The van der Waals surface area contributed by atoms with E-state index in [-0.39, 0.29) is 23.7 Å². The number of nitrogens with two attached hydrogens (primary N) is 1. The Bertz CT molecular complexity index is 471. The van der Waals surface area contributed by atoms with Gasteiger partial charge >= 0.3 is 0 Å². The molecular weight excluding hydrogens is 262 g/mol. The van der Waals surface area contributed by atoms with Crippen LogP contribution in [-0.2, 0) is 14.8 Å². The van der Waals surface area contributed by atoms with Crippen LogP contribution in [0.5, 0.6) is 0 Å². The van der Waals surface area contributed by atoms with Gasteiger partial charge in [0.05, 0.1) is 18.5 Å². The minimum absolute atomic E-state index is 0.0355. The molecule has 0 fully saturated rings. The van der Waals surface area contributed by atoms with Crippen molar-refractivity contribution in [1.29, 1.82) is 0 Å². The number of hydrogen-bond acceptors (Lipinski definition) is 3. The van der Waals surface area contributed by atoms with Crippen LogP contribution in [0.25, 0.3) is 0 Å². The lowest BCUT2D eigenvalue weighted by Crippen LogP contribution is -2.29. The van der Waals surface area contributed by atoms with Gasteiger partial charge in [0.2, 0.25) is 10.0 Å². The Kier molecular flexibility index (Phi) is 5.97. The number of hydrogen-bond donors (Lipinski definition) is 1. The minimum Gasteiger partial charge on any atom is -0.373 e. The lowest BCUT2D eigenvalue weighted by Gasteiger charge is -2.22. The van der Waals surface area contributed by atoms with Crippen LogP contribution in [0.3, 0.4) is 0 Å². The normalized spacial score (nSPS) is 15.4. The van der Waals surface area contributed by atoms with Gasteiger partial charge in [-0.05, 0) is 24.3 Å². The van der Waals surface area contributed by atoms with Crippen LogP contribution in [0.4, 0.5) is 0 Å². The first-order valence-electron chi connectivity index (χ1n) is 6.46. The molecule has 0 heterocycles. The summed E-state index contributed by atoms with van der Waals surface area (Å²) in [5, 5.41) is 5.11. The predicted octanol–water partition coefficient (Wildman–Crippen LogP) is 2.32. The van der Waals surface area contributed by atoms with Crippen molar-refractivity contribution in [2.75, 3.05) is 12.4 Å². The molecule has 0 amide bonds. The highest BCUT2D eigenvalue weighted by Crippen LogP contribution is 2.20. The maximum absolute atomic E-state index is 11.2. The Morgan fingerprint density at radius 1 is 1.16 bits per heavy atom. The van der Waals surface area contributed by atoms with Gasteiger partial charge in [0.15, 0.2) is 0 Å². The third-order valence-electron chi connectivity index (χ3n) is 3.22. The van der Waals surface area contributed by atoms with Crippen molar-refractivity contribution in [2.24, 2.45) is 17.0 Å². The summed E-state index contributed by atoms with van der Waals surface area (Å²) in [4.78, 5) is 0. The second-order valence-electron chi connectivity index (χ2n) is 5.22. The molecule has 0 radical (unpaired) electrons. The third kappa shape index (κ3) is 6.18. The van der Waals surface area contributed by atoms with Gasteiger partial charge in [0, 0.05) is 0 Å². The van der Waals surface area contributed by atoms with Crippen molar-refractivity contribution < 1.29 is 13.2 Å². The summed E-state index contributed by atoms with van der Waals surface area (Å²) >= 11 is 0. The Labute approximate surface area is 116 Å². The zero-order valence-corrected chi connectivity index (χ0v) is 12.6. The molecule has 1 aromatic carbocycles. The van der Waals surface area contributed by atoms with Gasteiger partial charge in [-0.1, -0.05) is 44.2 Å². The molecule has 0 aromatic heterocycles. The molecule has 108 valence electrons. The van der Waals surface area contributed by atoms with E-state index >= 15 is 0 Å². The molecule has 1 aromatic rings. The highest BCUT2D eigenvalue weighted by molar-refractivity contribution is 7.89. The maximum Gasteiger partial charge on any atom is 0.209 e. The summed E-state index contributed by atoms with van der Waals surface area (Å²) in [6.07, 6.45) is -0.0528. The first-order valence-corrected chi connectivity index (χ1v) is 8.18. The smallest absolute Gasteiger partial charge is 0.209 e. The Balaban J connectivity index is 2.57. The lowest BCUT2D eigenvalue weighted by atomic mass is 9.99. The molecule has 0 spiro atoms. The van der Waals surface area contributed by atoms with E-state index < -0.39 is 10.0 Å². The molecule has 1 rings (SSSR count). The zero-order valence-electron chi connectivity index (χ0n) is 11.7. The number of rotatable bonds is 7. The van der Waals surface area contributed by atoms with Crippen molar-refractivity contribution in [3.8, 4) is 0 Å². The fraction of sp³-hybridized carbons (Fsp3) is 0.571. The van der Waals surface area contributed by atoms with E-state index in [1.54, 1.807) is 0 Å². The monoisotopic (exact) mass is 285 g/mol. The first-order chi connectivity index (χ1) is 8.79. The van der Waals surface area contributed by atoms with Gasteiger partial charge in [-0.3, -0.25) is 0 Å². The van der Waals surface area contributed by atoms with Crippen molar-refractivity contribution in [1.82, 2.24) is 0 Å². The van der Waals surface area contributed by atoms with Gasteiger partial charge in [-0.15, -0.1) is 0 Å². The van der Waals surface area contributed by atoms with Gasteiger partial charge in [-0.25, -0.2) is 13.6 Å². The van der Waals surface area contributed by atoms with Crippen LogP contribution in [0.2, 0.25) is 0 Å². The van der Waals surface area contributed by atoms with E-state index in [0.717, 1.165) is 5.56 Å². The molecule has 5 heteroatoms. The summed E-state index contributed by atoms with van der Waals surface area (Å²) in [5.41, 5.74) is 1.08. The van der Waals surface area contributed by atoms with E-state index in [1.807, 2.05) is 51.1 Å². The molecule has 19 heavy (non-hydrogen) atoms. The Morgan fingerprint density at radius 3 is 2.21 bits per heavy atom. The molecular formula is C14H23NO3S. The SMILES string of the molecule is CC(OCC(CS(N)(=O)=O)C(C)C)c1ccccc1. The van der Waals surface area contributed by atoms with Crippen molar-refractivity contribution in [2.45, 2.75) is 26.9 Å². The fourth-order valence-electron chi connectivity index (χ4n) is 1.82. The summed E-state index contributed by atoms with van der Waals surface area (Å²) in [7, 11) is -3.46. The summed E-state index contributed by atoms with van der Waals surface area (Å²) in [6, 6.07) is 9.86. The molecule has 0 saturated heterocycles. The Morgan fingerprint density at radius 2 is 1.74 bits per heavy atom. The second-order valence-corrected chi connectivity index (χ2v) is 6.88. The summed E-state index contributed by atoms with van der Waals surface area (Å²) < 4.78 is 28.1. The van der Waals surface area contributed by atoms with E-state index in [1.165, 1.54) is 0 Å². The molecule has 0 aliphatic heterocycles. The van der Waals surface area contributed by atoms with Crippen LogP contribution in [0, 0.1) is 11.8 Å². The van der Waals surface area contributed by atoms with Crippen LogP contribution in [0.15, 0.2) is 30.3 Å². The fourth-order valence-corrected chi connectivity index (χ4v) is 2.90. The lowest BCUT2D eigenvalue weighted by molar-refractivity contribution is 0.0337. The number of ether oxygens (including phenoxy) is 1. The van der Waals surface area contributed by atoms with Crippen LogP contribution in [0.1, 0.15) is 32.4 Å². The van der Waals surface area contributed by atoms with Gasteiger partial charge < -0.3 is 4.74 Å². The topological polar surface area (TPSA) is 69.4 Å². The number of sulfonamides is 1. The zero-order chi connectivity index (χ0) is 14.5. The second kappa shape index (κ2) is 7.03. The van der Waals surface area contributed by atoms with Gasteiger partial charge in [0.1, 0.15) is 0 Å². The Hall–Kier alpha value is -0.910. The molecule has 0 bridgehead atoms. The van der Waals surface area contributed by atoms with Crippen LogP contribution >= 0.6 is 0 Å². The predicted molar refractivity (Wildman–Crippen MR) is 77.1 cm³/mol. The van der Waals surface area contributed by atoms with Gasteiger partial charge in [0.25, 0.3) is 0 Å². The quantitative estimate of drug-likeness (QED) is 0.836. The third-order valence-corrected chi connectivity index (χ3v) is 4.11. The maximum atomic E-state index is 11.2. The van der Waals surface area contributed by atoms with Crippen molar-refractivity contribution in [3.05, 3.63) is 35.9 Å². The van der Waals surface area contributed by atoms with E-state index in [0.29, 0.717) is 6.61 Å². The number of benzene rings is 1. The van der Waals surface area contributed by atoms with Gasteiger partial charge in [-0.2, -0.15) is 0 Å². The molecule has 0 aliphatic rings. The highest BCUT2D eigenvalue weighted by Gasteiger charge is 2.20. The van der Waals surface area contributed by atoms with Crippen molar-refractivity contribution >= 4 is 10.0 Å². The molecule has 2 N–H and O–H groups in total. The molecule has 2 unspecified atom stereocenters. The molecule has 0 saturated carbocycles. The average Bonchev–Trinajstić information content (AvgIpc) is 2.33. The largest absolute Gasteiger partial charge is 0.373 e. The summed E-state index contributed by atoms with van der Waals surface area (Å²) in [5.74, 6) is 0.0917. The highest BCUT2D eigenvalue weighted by atomic mass is 32.2. The van der Waals surface area contributed by atoms with Crippen LogP contribution < -0.4 is 5.14 Å². The average molecular weight is 285 g/mol. The van der Waals surface area contributed by atoms with E-state index in [4.69, 9.17) is 9.88 Å². The van der Waals surface area contributed by atoms with Crippen LogP contribution in [-0.4, -0.2) is 20.8 Å². The van der Waals surface area contributed by atoms with Crippen molar-refractivity contribution in [3.63, 3.8) is 0 Å². The van der Waals surface area contributed by atoms with E-state index in [9.17, 15) is 8.42 Å². The summed E-state index contributed by atoms with van der Waals surface area (Å²) in [6.45, 7) is 6.31. The number of primary sulfonamides is 1.